The molecule has 1 atom stereocenters. The molecule has 25 heavy (non-hydrogen) atoms. The van der Waals surface area contributed by atoms with Crippen molar-refractivity contribution >= 4 is 11.8 Å². The lowest BCUT2D eigenvalue weighted by Gasteiger charge is -2.21. The summed E-state index contributed by atoms with van der Waals surface area (Å²) in [6.07, 6.45) is 4.15. The van der Waals surface area contributed by atoms with Gasteiger partial charge in [-0.3, -0.25) is 14.6 Å². The third-order valence-electron chi connectivity index (χ3n) is 3.81. The molecule has 0 spiro atoms. The first kappa shape index (κ1) is 21.1. The van der Waals surface area contributed by atoms with Crippen LogP contribution in [0.1, 0.15) is 67.8 Å². The highest BCUT2D eigenvalue weighted by Crippen LogP contribution is 2.08. The molecule has 6 heteroatoms. The van der Waals surface area contributed by atoms with Gasteiger partial charge in [-0.1, -0.05) is 27.7 Å². The Hall–Kier alpha value is -1.95. The predicted octanol–water partition coefficient (Wildman–Crippen LogP) is 2.45. The second-order valence-corrected chi connectivity index (χ2v) is 6.82. The topological polar surface area (TPSA) is 88.3 Å². The van der Waals surface area contributed by atoms with Crippen LogP contribution in [0.3, 0.4) is 0 Å². The molecule has 1 rings (SSSR count). The van der Waals surface area contributed by atoms with Gasteiger partial charge in [-0.2, -0.15) is 0 Å². The molecule has 0 aliphatic carbocycles. The van der Waals surface area contributed by atoms with Crippen LogP contribution in [0.25, 0.3) is 0 Å². The molecule has 2 amide bonds. The lowest BCUT2D eigenvalue weighted by Crippen LogP contribution is -2.38. The fourth-order valence-corrected chi connectivity index (χ4v) is 2.73. The van der Waals surface area contributed by atoms with Gasteiger partial charge in [-0.25, -0.2) is 0 Å². The maximum absolute atomic E-state index is 12.6. The number of nitrogens with zero attached hydrogens (tertiary/aromatic N) is 2. The number of pyridine rings is 1. The molecule has 0 aliphatic heterocycles. The first-order chi connectivity index (χ1) is 11.9. The van der Waals surface area contributed by atoms with Gasteiger partial charge in [-0.05, 0) is 37.3 Å². The monoisotopic (exact) mass is 348 g/mol. The number of rotatable bonds is 10. The maximum atomic E-state index is 12.6. The highest BCUT2D eigenvalue weighted by Gasteiger charge is 2.17. The SMILES string of the molecule is CCCN(CCC)C(=O)c1ccnc(C(=O)NCC(N)CC(C)C)c1. The molecule has 1 unspecified atom stereocenters. The minimum Gasteiger partial charge on any atom is -0.349 e. The van der Waals surface area contributed by atoms with E-state index in [9.17, 15) is 9.59 Å². The molecule has 0 aromatic carbocycles. The van der Waals surface area contributed by atoms with Gasteiger partial charge in [0.05, 0.1) is 0 Å². The molecule has 0 bridgehead atoms. The van der Waals surface area contributed by atoms with E-state index in [1.165, 1.54) is 6.20 Å². The van der Waals surface area contributed by atoms with Crippen LogP contribution < -0.4 is 11.1 Å². The Balaban J connectivity index is 2.75. The van der Waals surface area contributed by atoms with Crippen LogP contribution in [-0.4, -0.2) is 47.4 Å². The van der Waals surface area contributed by atoms with Gasteiger partial charge in [0, 0.05) is 37.4 Å². The standard InChI is InChI=1S/C19H32N4O2/c1-5-9-23(10-6-2)19(25)15-7-8-21-17(12-15)18(24)22-13-16(20)11-14(3)4/h7-8,12,14,16H,5-6,9-11,13,20H2,1-4H3,(H,22,24). The summed E-state index contributed by atoms with van der Waals surface area (Å²) in [5, 5.41) is 2.80. The fraction of sp³-hybridized carbons (Fsp3) is 0.632. The zero-order valence-corrected chi connectivity index (χ0v) is 15.9. The fourth-order valence-electron chi connectivity index (χ4n) is 2.73. The number of aromatic nitrogens is 1. The molecule has 6 nitrogen and oxygen atoms in total. The Morgan fingerprint density at radius 1 is 1.24 bits per heavy atom. The first-order valence-corrected chi connectivity index (χ1v) is 9.18. The third-order valence-corrected chi connectivity index (χ3v) is 3.81. The van der Waals surface area contributed by atoms with Crippen molar-refractivity contribution in [2.75, 3.05) is 19.6 Å². The van der Waals surface area contributed by atoms with Crippen LogP contribution in [-0.2, 0) is 0 Å². The van der Waals surface area contributed by atoms with Gasteiger partial charge < -0.3 is 16.0 Å². The number of amides is 2. The van der Waals surface area contributed by atoms with Crippen molar-refractivity contribution in [2.45, 2.75) is 53.0 Å². The Morgan fingerprint density at radius 3 is 2.44 bits per heavy atom. The Bertz CT molecular complexity index is 554. The highest BCUT2D eigenvalue weighted by molar-refractivity contribution is 5.98. The van der Waals surface area contributed by atoms with Gasteiger partial charge in [0.15, 0.2) is 0 Å². The van der Waals surface area contributed by atoms with Gasteiger partial charge >= 0.3 is 0 Å². The molecule has 0 saturated heterocycles. The smallest absolute Gasteiger partial charge is 0.269 e. The van der Waals surface area contributed by atoms with Crippen molar-refractivity contribution in [2.24, 2.45) is 11.7 Å². The maximum Gasteiger partial charge on any atom is 0.269 e. The first-order valence-electron chi connectivity index (χ1n) is 9.18. The van der Waals surface area contributed by atoms with E-state index in [-0.39, 0.29) is 23.6 Å². The van der Waals surface area contributed by atoms with Crippen molar-refractivity contribution in [3.05, 3.63) is 29.6 Å². The Kier molecular flexibility index (Phi) is 9.13. The quantitative estimate of drug-likeness (QED) is 0.680. The molecule has 3 N–H and O–H groups in total. The van der Waals surface area contributed by atoms with Gasteiger partial charge in [0.2, 0.25) is 0 Å². The van der Waals surface area contributed by atoms with Crippen LogP contribution in [0.4, 0.5) is 0 Å². The van der Waals surface area contributed by atoms with E-state index in [4.69, 9.17) is 5.73 Å². The minimum atomic E-state index is -0.300. The van der Waals surface area contributed by atoms with Crippen molar-refractivity contribution in [3.63, 3.8) is 0 Å². The van der Waals surface area contributed by atoms with Crippen molar-refractivity contribution in [1.82, 2.24) is 15.2 Å². The molecule has 1 aromatic rings. The molecule has 0 radical (unpaired) electrons. The molecule has 0 saturated carbocycles. The number of carbonyl (C=O) groups is 2. The molecule has 0 fully saturated rings. The largest absolute Gasteiger partial charge is 0.349 e. The summed E-state index contributed by atoms with van der Waals surface area (Å²) in [5.41, 5.74) is 6.73. The van der Waals surface area contributed by atoms with E-state index in [1.807, 2.05) is 18.7 Å². The van der Waals surface area contributed by atoms with E-state index in [1.54, 1.807) is 12.1 Å². The van der Waals surface area contributed by atoms with E-state index >= 15 is 0 Å². The lowest BCUT2D eigenvalue weighted by atomic mass is 10.0. The summed E-state index contributed by atoms with van der Waals surface area (Å²) in [5.74, 6) is 0.122. The molecule has 1 aromatic heterocycles. The normalized spacial score (nSPS) is 12.1. The molecule has 140 valence electrons. The lowest BCUT2D eigenvalue weighted by molar-refractivity contribution is 0.0755. The van der Waals surface area contributed by atoms with Gasteiger partial charge in [0.25, 0.3) is 11.8 Å². The second-order valence-electron chi connectivity index (χ2n) is 6.82. The van der Waals surface area contributed by atoms with Crippen molar-refractivity contribution in [1.29, 1.82) is 0 Å². The second kappa shape index (κ2) is 10.8. The highest BCUT2D eigenvalue weighted by atomic mass is 16.2. The predicted molar refractivity (Wildman–Crippen MR) is 100 cm³/mol. The zero-order chi connectivity index (χ0) is 18.8. The summed E-state index contributed by atoms with van der Waals surface area (Å²) in [6.45, 7) is 10.1. The summed E-state index contributed by atoms with van der Waals surface area (Å²) >= 11 is 0. The number of hydrogen-bond acceptors (Lipinski definition) is 4. The molecular formula is C19H32N4O2. The van der Waals surface area contributed by atoms with E-state index in [2.05, 4.69) is 24.1 Å². The van der Waals surface area contributed by atoms with Crippen LogP contribution in [0.2, 0.25) is 0 Å². The Morgan fingerprint density at radius 2 is 1.88 bits per heavy atom. The van der Waals surface area contributed by atoms with Crippen LogP contribution >= 0.6 is 0 Å². The van der Waals surface area contributed by atoms with Gasteiger partial charge in [0.1, 0.15) is 5.69 Å². The summed E-state index contributed by atoms with van der Waals surface area (Å²) in [6, 6.07) is 3.13. The van der Waals surface area contributed by atoms with Gasteiger partial charge in [-0.15, -0.1) is 0 Å². The minimum absolute atomic E-state index is 0.0586. The Labute approximate surface area is 151 Å². The molecular weight excluding hydrogens is 316 g/mol. The summed E-state index contributed by atoms with van der Waals surface area (Å²) < 4.78 is 0. The molecule has 0 aliphatic rings. The summed E-state index contributed by atoms with van der Waals surface area (Å²) in [4.78, 5) is 30.8. The number of nitrogens with two attached hydrogens (primary N) is 1. The van der Waals surface area contributed by atoms with Crippen LogP contribution in [0, 0.1) is 5.92 Å². The average Bonchev–Trinajstić information content (AvgIpc) is 2.58. The van der Waals surface area contributed by atoms with Crippen molar-refractivity contribution < 1.29 is 9.59 Å². The van der Waals surface area contributed by atoms with E-state index < -0.39 is 0 Å². The number of nitrogens with one attached hydrogen (secondary N) is 1. The third kappa shape index (κ3) is 7.22. The number of hydrogen-bond donors (Lipinski definition) is 2. The van der Waals surface area contributed by atoms with Crippen molar-refractivity contribution in [3.8, 4) is 0 Å². The number of carbonyl (C=O) groups excluding carboxylic acids is 2. The molecule has 1 heterocycles. The van der Waals surface area contributed by atoms with Crippen LogP contribution in [0.15, 0.2) is 18.3 Å². The average molecular weight is 348 g/mol. The van der Waals surface area contributed by atoms with Crippen LogP contribution in [0.5, 0.6) is 0 Å². The van der Waals surface area contributed by atoms with E-state index in [0.717, 1.165) is 19.3 Å². The van der Waals surface area contributed by atoms with E-state index in [0.29, 0.717) is 31.1 Å². The zero-order valence-electron chi connectivity index (χ0n) is 15.9. The summed E-state index contributed by atoms with van der Waals surface area (Å²) in [7, 11) is 0.